The predicted molar refractivity (Wildman–Crippen MR) is 51.4 cm³/mol. The third-order valence-corrected chi connectivity index (χ3v) is 2.02. The molecule has 72 valence electrons. The Morgan fingerprint density at radius 3 is 2.69 bits per heavy atom. The molecule has 4 nitrogen and oxygen atoms in total. The molecule has 0 aromatic heterocycles. The van der Waals surface area contributed by atoms with Gasteiger partial charge in [0.1, 0.15) is 5.75 Å². The van der Waals surface area contributed by atoms with Crippen LogP contribution in [0.2, 0.25) is 0 Å². The fourth-order valence-electron chi connectivity index (χ4n) is 0.827. The number of benzene rings is 1. The van der Waals surface area contributed by atoms with E-state index in [0.29, 0.717) is 11.4 Å². The van der Waals surface area contributed by atoms with Gasteiger partial charge in [-0.05, 0) is 12.1 Å². The Labute approximate surface area is 81.0 Å². The van der Waals surface area contributed by atoms with Gasteiger partial charge >= 0.3 is 9.24 Å². The van der Waals surface area contributed by atoms with E-state index in [1.807, 2.05) is 0 Å². The molecule has 6 heteroatoms. The van der Waals surface area contributed by atoms with Gasteiger partial charge in [0, 0.05) is 16.7 Å². The van der Waals surface area contributed by atoms with Crippen molar-refractivity contribution in [2.45, 2.75) is 0 Å². The molecule has 1 aromatic rings. The molecule has 0 atom stereocenters. The van der Waals surface area contributed by atoms with Crippen LogP contribution < -0.4 is 9.46 Å². The number of rotatable bonds is 3. The highest BCUT2D eigenvalue weighted by Crippen LogP contribution is 2.18. The Balaban J connectivity index is 2.90. The molecule has 0 spiro atoms. The maximum absolute atomic E-state index is 10.6. The number of nitrogens with one attached hydrogen (secondary N) is 1. The van der Waals surface area contributed by atoms with Crippen molar-refractivity contribution in [3.8, 4) is 5.75 Å². The average molecular weight is 222 g/mol. The van der Waals surface area contributed by atoms with E-state index in [1.165, 1.54) is 13.2 Å². The van der Waals surface area contributed by atoms with Crippen LogP contribution in [0, 0.1) is 0 Å². The van der Waals surface area contributed by atoms with E-state index in [2.05, 4.69) is 4.72 Å². The molecular formula is C7H8ClNO3S. The van der Waals surface area contributed by atoms with Crippen molar-refractivity contribution < 1.29 is 13.2 Å². The third kappa shape index (κ3) is 3.52. The first kappa shape index (κ1) is 10.1. The van der Waals surface area contributed by atoms with Gasteiger partial charge in [-0.3, -0.25) is 4.72 Å². The highest BCUT2D eigenvalue weighted by atomic mass is 35.7. The Morgan fingerprint density at radius 1 is 1.46 bits per heavy atom. The fraction of sp³-hybridized carbons (Fsp3) is 0.143. The zero-order valence-electron chi connectivity index (χ0n) is 6.82. The molecule has 0 aliphatic heterocycles. The van der Waals surface area contributed by atoms with Gasteiger partial charge in [-0.1, -0.05) is 6.07 Å². The largest absolute Gasteiger partial charge is 0.497 e. The van der Waals surface area contributed by atoms with Crippen LogP contribution >= 0.6 is 10.7 Å². The van der Waals surface area contributed by atoms with Crippen LogP contribution in [0.15, 0.2) is 24.3 Å². The number of methoxy groups -OCH3 is 1. The predicted octanol–water partition coefficient (Wildman–Crippen LogP) is 1.59. The first-order chi connectivity index (χ1) is 6.01. The van der Waals surface area contributed by atoms with Crippen LogP contribution in [0.1, 0.15) is 0 Å². The summed E-state index contributed by atoms with van der Waals surface area (Å²) in [5.41, 5.74) is 0.370. The number of hydrogen-bond acceptors (Lipinski definition) is 3. The van der Waals surface area contributed by atoms with Gasteiger partial charge in [0.2, 0.25) is 0 Å². The fourth-order valence-corrected chi connectivity index (χ4v) is 1.50. The summed E-state index contributed by atoms with van der Waals surface area (Å²) >= 11 is 0. The van der Waals surface area contributed by atoms with Crippen molar-refractivity contribution >= 4 is 25.6 Å². The number of hydrogen-bond donors (Lipinski definition) is 1. The van der Waals surface area contributed by atoms with Crippen molar-refractivity contribution in [1.29, 1.82) is 0 Å². The summed E-state index contributed by atoms with van der Waals surface area (Å²) in [6.45, 7) is 0. The SMILES string of the molecule is COc1cccc(NS(=O)(=O)Cl)c1. The number of halogens is 1. The van der Waals surface area contributed by atoms with E-state index in [0.717, 1.165) is 0 Å². The molecule has 1 rings (SSSR count). The zero-order chi connectivity index (χ0) is 9.90. The van der Waals surface area contributed by atoms with E-state index >= 15 is 0 Å². The summed E-state index contributed by atoms with van der Waals surface area (Å²) in [5, 5.41) is 0. The minimum Gasteiger partial charge on any atom is -0.497 e. The van der Waals surface area contributed by atoms with Crippen LogP contribution in [-0.4, -0.2) is 15.5 Å². The maximum Gasteiger partial charge on any atom is 0.319 e. The molecular weight excluding hydrogens is 214 g/mol. The van der Waals surface area contributed by atoms with Crippen LogP contribution in [0.5, 0.6) is 5.75 Å². The van der Waals surface area contributed by atoms with E-state index in [9.17, 15) is 8.42 Å². The van der Waals surface area contributed by atoms with Crippen molar-refractivity contribution in [1.82, 2.24) is 0 Å². The number of ether oxygens (including phenoxy) is 1. The second-order valence-corrected chi connectivity index (χ2v) is 4.57. The van der Waals surface area contributed by atoms with E-state index < -0.39 is 9.24 Å². The van der Waals surface area contributed by atoms with Gasteiger partial charge in [0.05, 0.1) is 12.8 Å². The van der Waals surface area contributed by atoms with Gasteiger partial charge in [-0.25, -0.2) is 0 Å². The van der Waals surface area contributed by atoms with Crippen LogP contribution in [-0.2, 0) is 9.24 Å². The standard InChI is InChI=1S/C7H8ClNO3S/c1-12-7-4-2-3-6(5-7)9-13(8,10)11/h2-5,9H,1H3. The van der Waals surface area contributed by atoms with Gasteiger partial charge in [0.25, 0.3) is 0 Å². The third-order valence-electron chi connectivity index (χ3n) is 1.31. The molecule has 0 saturated carbocycles. The summed E-state index contributed by atoms with van der Waals surface area (Å²) < 4.78 is 28.2. The number of anilines is 1. The van der Waals surface area contributed by atoms with Gasteiger partial charge < -0.3 is 4.74 Å². The molecule has 0 heterocycles. The first-order valence-electron chi connectivity index (χ1n) is 3.38. The summed E-state index contributed by atoms with van der Waals surface area (Å²) in [6, 6.07) is 6.46. The molecule has 0 saturated heterocycles. The van der Waals surface area contributed by atoms with Gasteiger partial charge in [0.15, 0.2) is 0 Å². The van der Waals surface area contributed by atoms with Gasteiger partial charge in [-0.15, -0.1) is 0 Å². The average Bonchev–Trinajstić information content (AvgIpc) is 2.01. The monoisotopic (exact) mass is 221 g/mol. The molecule has 0 aliphatic carbocycles. The lowest BCUT2D eigenvalue weighted by molar-refractivity contribution is 0.415. The first-order valence-corrected chi connectivity index (χ1v) is 5.68. The molecule has 0 amide bonds. The lowest BCUT2D eigenvalue weighted by Crippen LogP contribution is -2.03. The molecule has 0 radical (unpaired) electrons. The topological polar surface area (TPSA) is 55.4 Å². The molecule has 0 unspecified atom stereocenters. The molecule has 1 N–H and O–H groups in total. The van der Waals surface area contributed by atoms with E-state index in [4.69, 9.17) is 15.4 Å². The smallest absolute Gasteiger partial charge is 0.319 e. The maximum atomic E-state index is 10.6. The Bertz CT molecular complexity index is 390. The van der Waals surface area contributed by atoms with Crippen molar-refractivity contribution in [3.05, 3.63) is 24.3 Å². The summed E-state index contributed by atoms with van der Waals surface area (Å²) in [4.78, 5) is 0. The normalized spacial score (nSPS) is 10.9. The highest BCUT2D eigenvalue weighted by molar-refractivity contribution is 8.14. The van der Waals surface area contributed by atoms with E-state index in [1.54, 1.807) is 18.2 Å². The molecule has 13 heavy (non-hydrogen) atoms. The second-order valence-electron chi connectivity index (χ2n) is 2.27. The lowest BCUT2D eigenvalue weighted by atomic mass is 10.3. The van der Waals surface area contributed by atoms with Crippen molar-refractivity contribution in [3.63, 3.8) is 0 Å². The summed E-state index contributed by atoms with van der Waals surface area (Å²) in [6.07, 6.45) is 0. The zero-order valence-corrected chi connectivity index (χ0v) is 8.39. The van der Waals surface area contributed by atoms with Crippen molar-refractivity contribution in [2.75, 3.05) is 11.8 Å². The Morgan fingerprint density at radius 2 is 2.15 bits per heavy atom. The Kier molecular flexibility index (Phi) is 3.00. The Hall–Kier alpha value is -0.940. The van der Waals surface area contributed by atoms with Crippen LogP contribution in [0.3, 0.4) is 0 Å². The van der Waals surface area contributed by atoms with Crippen LogP contribution in [0.4, 0.5) is 5.69 Å². The summed E-state index contributed by atoms with van der Waals surface area (Å²) in [5.74, 6) is 0.560. The van der Waals surface area contributed by atoms with Crippen molar-refractivity contribution in [2.24, 2.45) is 0 Å². The molecule has 0 bridgehead atoms. The highest BCUT2D eigenvalue weighted by Gasteiger charge is 2.04. The minimum atomic E-state index is -3.74. The second kappa shape index (κ2) is 3.85. The lowest BCUT2D eigenvalue weighted by Gasteiger charge is -2.03. The quantitative estimate of drug-likeness (QED) is 0.789. The molecule has 0 fully saturated rings. The van der Waals surface area contributed by atoms with E-state index in [-0.39, 0.29) is 0 Å². The molecule has 1 aromatic carbocycles. The van der Waals surface area contributed by atoms with Gasteiger partial charge in [-0.2, -0.15) is 8.42 Å². The summed E-state index contributed by atoms with van der Waals surface area (Å²) in [7, 11) is 2.74. The molecule has 0 aliphatic rings. The van der Waals surface area contributed by atoms with Crippen LogP contribution in [0.25, 0.3) is 0 Å². The minimum absolute atomic E-state index is 0.370.